The Morgan fingerprint density at radius 3 is 2.35 bits per heavy atom. The van der Waals surface area contributed by atoms with Crippen molar-refractivity contribution < 1.29 is 24.2 Å². The quantitative estimate of drug-likeness (QED) is 0.258. The molecule has 192 valence electrons. The Labute approximate surface area is 217 Å². The number of nitrogens with one attached hydrogen (secondary N) is 1. The summed E-state index contributed by atoms with van der Waals surface area (Å²) in [4.78, 5) is 36.8. The standard InChI is InChI=1S/C31H33NO5/c33-29(6-3-17-32-30(34)24-10-7-20-4-1-2-5-23(20)18-24)27-16-15-26(19-28(27)21-8-9-21)37-25-13-11-22(12-14-25)31(35)36/h1-2,4-5,7,10,15-16,18-19,21-22,25H,3,6,8-9,11-14,17H2,(H,32,34)(H,35,36). The predicted octanol–water partition coefficient (Wildman–Crippen LogP) is 6.13. The Kier molecular flexibility index (Phi) is 7.54. The molecule has 2 aliphatic carbocycles. The monoisotopic (exact) mass is 499 g/mol. The van der Waals surface area contributed by atoms with Crippen molar-refractivity contribution in [2.45, 2.75) is 63.4 Å². The Morgan fingerprint density at radius 2 is 1.62 bits per heavy atom. The van der Waals surface area contributed by atoms with Crippen LogP contribution in [0.5, 0.6) is 5.75 Å². The van der Waals surface area contributed by atoms with Gasteiger partial charge in [-0.25, -0.2) is 0 Å². The molecular weight excluding hydrogens is 466 g/mol. The van der Waals surface area contributed by atoms with Gasteiger partial charge in [0.1, 0.15) is 5.75 Å². The number of carbonyl (C=O) groups is 3. The zero-order chi connectivity index (χ0) is 25.8. The van der Waals surface area contributed by atoms with Gasteiger partial charge in [-0.2, -0.15) is 0 Å². The van der Waals surface area contributed by atoms with Gasteiger partial charge in [0.05, 0.1) is 12.0 Å². The number of fused-ring (bicyclic) bond motifs is 1. The van der Waals surface area contributed by atoms with Crippen LogP contribution in [0.4, 0.5) is 0 Å². The molecule has 0 atom stereocenters. The van der Waals surface area contributed by atoms with Crippen molar-refractivity contribution in [3.63, 3.8) is 0 Å². The lowest BCUT2D eigenvalue weighted by atomic mass is 9.87. The van der Waals surface area contributed by atoms with Crippen molar-refractivity contribution in [3.05, 3.63) is 77.4 Å². The molecule has 0 spiro atoms. The molecule has 0 saturated heterocycles. The van der Waals surface area contributed by atoms with E-state index in [4.69, 9.17) is 4.74 Å². The number of hydrogen-bond acceptors (Lipinski definition) is 4. The lowest BCUT2D eigenvalue weighted by Crippen LogP contribution is -2.27. The van der Waals surface area contributed by atoms with Gasteiger partial charge in [-0.05, 0) is 97.5 Å². The third kappa shape index (κ3) is 6.19. The van der Waals surface area contributed by atoms with Crippen molar-refractivity contribution in [2.75, 3.05) is 6.54 Å². The van der Waals surface area contributed by atoms with Crippen LogP contribution in [0.15, 0.2) is 60.7 Å². The van der Waals surface area contributed by atoms with E-state index >= 15 is 0 Å². The number of ketones is 1. The number of aliphatic carboxylic acids is 1. The largest absolute Gasteiger partial charge is 0.490 e. The molecule has 2 fully saturated rings. The normalized spacial score (nSPS) is 19.4. The van der Waals surface area contributed by atoms with Gasteiger partial charge in [0.2, 0.25) is 0 Å². The molecule has 0 aromatic heterocycles. The highest BCUT2D eigenvalue weighted by molar-refractivity contribution is 5.99. The molecule has 3 aromatic rings. The summed E-state index contributed by atoms with van der Waals surface area (Å²) in [5, 5.41) is 14.3. The van der Waals surface area contributed by atoms with Crippen molar-refractivity contribution >= 4 is 28.4 Å². The van der Waals surface area contributed by atoms with Crippen molar-refractivity contribution in [3.8, 4) is 5.75 Å². The number of Topliss-reactive ketones (excluding diaryl/α,β-unsaturated/α-hetero) is 1. The number of ether oxygens (including phenoxy) is 1. The van der Waals surface area contributed by atoms with E-state index in [9.17, 15) is 19.5 Å². The first kappa shape index (κ1) is 25.0. The summed E-state index contributed by atoms with van der Waals surface area (Å²) in [5.41, 5.74) is 2.43. The van der Waals surface area contributed by atoms with Crippen LogP contribution in [0.1, 0.15) is 83.6 Å². The molecule has 37 heavy (non-hydrogen) atoms. The van der Waals surface area contributed by atoms with Crippen LogP contribution in [0.3, 0.4) is 0 Å². The molecule has 0 aliphatic heterocycles. The number of rotatable bonds is 10. The maximum atomic E-state index is 13.1. The van der Waals surface area contributed by atoms with Gasteiger partial charge in [0, 0.05) is 24.1 Å². The van der Waals surface area contributed by atoms with Crippen LogP contribution >= 0.6 is 0 Å². The Balaban J connectivity index is 1.13. The second kappa shape index (κ2) is 11.2. The lowest BCUT2D eigenvalue weighted by molar-refractivity contribution is -0.143. The maximum Gasteiger partial charge on any atom is 0.306 e. The minimum atomic E-state index is -0.717. The predicted molar refractivity (Wildman–Crippen MR) is 142 cm³/mol. The van der Waals surface area contributed by atoms with E-state index in [2.05, 4.69) is 5.32 Å². The summed E-state index contributed by atoms with van der Waals surface area (Å²) in [5.74, 6) is 0.147. The maximum absolute atomic E-state index is 13.1. The highest BCUT2D eigenvalue weighted by Crippen LogP contribution is 2.43. The molecule has 0 unspecified atom stereocenters. The van der Waals surface area contributed by atoms with Crippen LogP contribution in [0.2, 0.25) is 0 Å². The number of benzene rings is 3. The fourth-order valence-electron chi connectivity index (χ4n) is 5.24. The summed E-state index contributed by atoms with van der Waals surface area (Å²) in [6, 6.07) is 19.3. The molecule has 0 heterocycles. The summed E-state index contributed by atoms with van der Waals surface area (Å²) >= 11 is 0. The Bertz CT molecular complexity index is 1300. The average Bonchev–Trinajstić information content (AvgIpc) is 3.76. The lowest BCUT2D eigenvalue weighted by Gasteiger charge is -2.27. The second-order valence-corrected chi connectivity index (χ2v) is 10.3. The molecule has 6 heteroatoms. The highest BCUT2D eigenvalue weighted by Gasteiger charge is 2.30. The summed E-state index contributed by atoms with van der Waals surface area (Å²) in [6.07, 6.45) is 5.89. The first-order valence-corrected chi connectivity index (χ1v) is 13.3. The van der Waals surface area contributed by atoms with E-state index < -0.39 is 5.97 Å². The molecular formula is C31H33NO5. The van der Waals surface area contributed by atoms with E-state index in [1.807, 2.05) is 60.7 Å². The van der Waals surface area contributed by atoms with E-state index in [1.165, 1.54) is 0 Å². The van der Waals surface area contributed by atoms with Gasteiger partial charge >= 0.3 is 5.97 Å². The molecule has 3 aromatic carbocycles. The van der Waals surface area contributed by atoms with E-state index in [0.29, 0.717) is 43.7 Å². The van der Waals surface area contributed by atoms with Gasteiger partial charge in [-0.3, -0.25) is 14.4 Å². The minimum Gasteiger partial charge on any atom is -0.490 e. The van der Waals surface area contributed by atoms with Crippen molar-refractivity contribution in [1.82, 2.24) is 5.32 Å². The molecule has 1 amide bonds. The molecule has 2 aliphatic rings. The average molecular weight is 500 g/mol. The van der Waals surface area contributed by atoms with Gasteiger partial charge in [0.15, 0.2) is 5.78 Å². The smallest absolute Gasteiger partial charge is 0.306 e. The highest BCUT2D eigenvalue weighted by atomic mass is 16.5. The van der Waals surface area contributed by atoms with Crippen LogP contribution in [0.25, 0.3) is 10.8 Å². The zero-order valence-corrected chi connectivity index (χ0v) is 20.9. The SMILES string of the molecule is O=C(NCCCC(=O)c1ccc(OC2CCC(C(=O)O)CC2)cc1C1CC1)c1ccc2ccccc2c1. The first-order valence-electron chi connectivity index (χ1n) is 13.3. The van der Waals surface area contributed by atoms with E-state index in [0.717, 1.165) is 53.3 Å². The number of amides is 1. The molecule has 0 bridgehead atoms. The number of carboxylic acids is 1. The minimum absolute atomic E-state index is 0.0235. The summed E-state index contributed by atoms with van der Waals surface area (Å²) in [7, 11) is 0. The third-order valence-electron chi connectivity index (χ3n) is 7.54. The van der Waals surface area contributed by atoms with Crippen molar-refractivity contribution in [1.29, 1.82) is 0 Å². The van der Waals surface area contributed by atoms with Gasteiger partial charge in [-0.15, -0.1) is 0 Å². The summed E-state index contributed by atoms with van der Waals surface area (Å²) < 4.78 is 6.18. The summed E-state index contributed by atoms with van der Waals surface area (Å²) in [6.45, 7) is 0.441. The topological polar surface area (TPSA) is 92.7 Å². The Hall–Kier alpha value is -3.67. The number of carbonyl (C=O) groups excluding carboxylic acids is 2. The second-order valence-electron chi connectivity index (χ2n) is 10.3. The van der Waals surface area contributed by atoms with E-state index in [-0.39, 0.29) is 23.7 Å². The van der Waals surface area contributed by atoms with E-state index in [1.54, 1.807) is 0 Å². The third-order valence-corrected chi connectivity index (χ3v) is 7.54. The van der Waals surface area contributed by atoms with Gasteiger partial charge in [0.25, 0.3) is 5.91 Å². The number of hydrogen-bond donors (Lipinski definition) is 2. The fourth-order valence-corrected chi connectivity index (χ4v) is 5.24. The van der Waals surface area contributed by atoms with Crippen LogP contribution < -0.4 is 10.1 Å². The van der Waals surface area contributed by atoms with Crippen LogP contribution in [-0.2, 0) is 4.79 Å². The molecule has 2 saturated carbocycles. The molecule has 5 rings (SSSR count). The Morgan fingerprint density at radius 1 is 0.865 bits per heavy atom. The zero-order valence-electron chi connectivity index (χ0n) is 20.9. The fraction of sp³-hybridized carbons (Fsp3) is 0.387. The van der Waals surface area contributed by atoms with Crippen molar-refractivity contribution in [2.24, 2.45) is 5.92 Å². The van der Waals surface area contributed by atoms with Gasteiger partial charge < -0.3 is 15.2 Å². The van der Waals surface area contributed by atoms with Crippen LogP contribution in [0, 0.1) is 5.92 Å². The van der Waals surface area contributed by atoms with Crippen LogP contribution in [-0.4, -0.2) is 35.4 Å². The first-order chi connectivity index (χ1) is 18.0. The number of carboxylic acid groups (broad SMARTS) is 1. The molecule has 6 nitrogen and oxygen atoms in total. The molecule has 0 radical (unpaired) electrons. The van der Waals surface area contributed by atoms with Gasteiger partial charge in [-0.1, -0.05) is 30.3 Å². The molecule has 2 N–H and O–H groups in total.